The normalized spacial score (nSPS) is 15.3. The lowest BCUT2D eigenvalue weighted by Crippen LogP contribution is -2.49. The maximum Gasteiger partial charge on any atom is 0.417 e. The van der Waals surface area contributed by atoms with E-state index in [1.807, 2.05) is 4.90 Å². The number of hydrogen-bond acceptors (Lipinski definition) is 7. The van der Waals surface area contributed by atoms with Crippen molar-refractivity contribution in [2.45, 2.75) is 17.8 Å². The Morgan fingerprint density at radius 3 is 2.52 bits per heavy atom. The first-order chi connectivity index (χ1) is 12.8. The number of aromatic nitrogens is 5. The zero-order valence-electron chi connectivity index (χ0n) is 14.6. The van der Waals surface area contributed by atoms with Gasteiger partial charge in [0.15, 0.2) is 0 Å². The molecule has 8 nitrogen and oxygen atoms in total. The number of piperazine rings is 1. The highest BCUT2D eigenvalue weighted by molar-refractivity contribution is 7.99. The predicted octanol–water partition coefficient (Wildman–Crippen LogP) is 1.45. The molecule has 0 unspecified atom stereocenters. The average molecular weight is 401 g/mol. The number of carbonyl (C=O) groups is 1. The summed E-state index contributed by atoms with van der Waals surface area (Å²) in [5.74, 6) is 1.10. The van der Waals surface area contributed by atoms with Crippen LogP contribution in [0.25, 0.3) is 0 Å². The molecule has 3 heterocycles. The van der Waals surface area contributed by atoms with E-state index in [0.29, 0.717) is 49.3 Å². The van der Waals surface area contributed by atoms with Crippen LogP contribution in [0.1, 0.15) is 12.0 Å². The van der Waals surface area contributed by atoms with Crippen molar-refractivity contribution in [1.29, 1.82) is 0 Å². The van der Waals surface area contributed by atoms with E-state index in [2.05, 4.69) is 20.5 Å². The van der Waals surface area contributed by atoms with Crippen LogP contribution in [0.5, 0.6) is 0 Å². The third kappa shape index (κ3) is 4.87. The first-order valence-electron chi connectivity index (χ1n) is 8.26. The van der Waals surface area contributed by atoms with Crippen molar-refractivity contribution in [2.75, 3.05) is 36.8 Å². The molecule has 0 aliphatic carbocycles. The van der Waals surface area contributed by atoms with Crippen molar-refractivity contribution in [3.63, 3.8) is 0 Å². The maximum absolute atomic E-state index is 12.6. The molecule has 0 N–H and O–H groups in total. The Labute approximate surface area is 157 Å². The van der Waals surface area contributed by atoms with E-state index < -0.39 is 11.7 Å². The summed E-state index contributed by atoms with van der Waals surface area (Å²) in [5.41, 5.74) is -0.768. The number of aryl methyl sites for hydroxylation is 1. The lowest BCUT2D eigenvalue weighted by molar-refractivity contribution is -0.137. The molecule has 0 radical (unpaired) electrons. The second-order valence-corrected chi connectivity index (χ2v) is 7.02. The summed E-state index contributed by atoms with van der Waals surface area (Å²) in [7, 11) is 1.73. The molecule has 146 valence electrons. The van der Waals surface area contributed by atoms with Crippen LogP contribution in [-0.2, 0) is 18.0 Å². The molecule has 27 heavy (non-hydrogen) atoms. The lowest BCUT2D eigenvalue weighted by atomic mass is 10.2. The minimum atomic E-state index is -4.39. The smallest absolute Gasteiger partial charge is 0.353 e. The summed E-state index contributed by atoms with van der Waals surface area (Å²) < 4.78 is 39.4. The fourth-order valence-corrected chi connectivity index (χ4v) is 3.43. The van der Waals surface area contributed by atoms with Gasteiger partial charge in [-0.25, -0.2) is 9.67 Å². The van der Waals surface area contributed by atoms with E-state index in [1.165, 1.54) is 17.8 Å². The second kappa shape index (κ2) is 8.11. The van der Waals surface area contributed by atoms with Gasteiger partial charge in [-0.05, 0) is 22.6 Å². The molecule has 0 atom stereocenters. The molecule has 0 spiro atoms. The Hall–Kier alpha value is -2.37. The Bertz CT molecular complexity index is 772. The number of rotatable bonds is 5. The SMILES string of the molecule is Cn1nnnc1SCCC(=O)N1CCN(c2ccc(C(F)(F)F)cn2)CC1. The molecule has 0 aromatic carbocycles. The van der Waals surface area contributed by atoms with Crippen molar-refractivity contribution < 1.29 is 18.0 Å². The number of thioether (sulfide) groups is 1. The monoisotopic (exact) mass is 401 g/mol. The van der Waals surface area contributed by atoms with Gasteiger partial charge >= 0.3 is 6.18 Å². The van der Waals surface area contributed by atoms with E-state index in [1.54, 1.807) is 16.6 Å². The molecule has 1 aliphatic heterocycles. The summed E-state index contributed by atoms with van der Waals surface area (Å²) in [5, 5.41) is 11.8. The van der Waals surface area contributed by atoms with Gasteiger partial charge in [-0.1, -0.05) is 11.8 Å². The fraction of sp³-hybridized carbons (Fsp3) is 0.533. The van der Waals surface area contributed by atoms with Crippen LogP contribution in [0, 0.1) is 0 Å². The number of amides is 1. The second-order valence-electron chi connectivity index (χ2n) is 5.95. The first kappa shape index (κ1) is 19.4. The van der Waals surface area contributed by atoms with Crippen LogP contribution in [0.3, 0.4) is 0 Å². The zero-order valence-corrected chi connectivity index (χ0v) is 15.4. The predicted molar refractivity (Wildman–Crippen MR) is 92.2 cm³/mol. The minimum absolute atomic E-state index is 0.0395. The molecule has 0 saturated carbocycles. The van der Waals surface area contributed by atoms with E-state index in [0.717, 1.165) is 12.3 Å². The molecule has 1 aliphatic rings. The molecule has 2 aromatic heterocycles. The van der Waals surface area contributed by atoms with Crippen LogP contribution in [0.4, 0.5) is 19.0 Å². The molecule has 1 fully saturated rings. The number of carbonyl (C=O) groups excluding carboxylic acids is 1. The Balaban J connectivity index is 1.45. The minimum Gasteiger partial charge on any atom is -0.353 e. The third-order valence-corrected chi connectivity index (χ3v) is 5.17. The van der Waals surface area contributed by atoms with Gasteiger partial charge in [0.25, 0.3) is 0 Å². The summed E-state index contributed by atoms with van der Waals surface area (Å²) in [6.45, 7) is 2.09. The van der Waals surface area contributed by atoms with Gasteiger partial charge in [-0.15, -0.1) is 5.10 Å². The van der Waals surface area contributed by atoms with Crippen molar-refractivity contribution in [3.8, 4) is 0 Å². The average Bonchev–Trinajstić information content (AvgIpc) is 3.06. The number of pyridine rings is 1. The van der Waals surface area contributed by atoms with Crippen LogP contribution < -0.4 is 4.90 Å². The zero-order chi connectivity index (χ0) is 19.4. The summed E-state index contributed by atoms with van der Waals surface area (Å²) >= 11 is 1.41. The number of anilines is 1. The van der Waals surface area contributed by atoms with Crippen LogP contribution >= 0.6 is 11.8 Å². The van der Waals surface area contributed by atoms with Gasteiger partial charge < -0.3 is 9.80 Å². The Morgan fingerprint density at radius 2 is 1.96 bits per heavy atom. The summed E-state index contributed by atoms with van der Waals surface area (Å²) in [6.07, 6.45) is -3.18. The highest BCUT2D eigenvalue weighted by Crippen LogP contribution is 2.29. The molecule has 1 saturated heterocycles. The lowest BCUT2D eigenvalue weighted by Gasteiger charge is -2.35. The fourth-order valence-electron chi connectivity index (χ4n) is 2.66. The van der Waals surface area contributed by atoms with E-state index in [9.17, 15) is 18.0 Å². The van der Waals surface area contributed by atoms with Crippen molar-refractivity contribution in [3.05, 3.63) is 23.9 Å². The number of hydrogen-bond donors (Lipinski definition) is 0. The molecule has 1 amide bonds. The molecular formula is C15H18F3N7OS. The van der Waals surface area contributed by atoms with Gasteiger partial charge in [0, 0.05) is 51.6 Å². The molecular weight excluding hydrogens is 383 g/mol. The third-order valence-electron chi connectivity index (χ3n) is 4.16. The number of halogens is 3. The highest BCUT2D eigenvalue weighted by Gasteiger charge is 2.31. The van der Waals surface area contributed by atoms with Crippen LogP contribution in [0.2, 0.25) is 0 Å². The van der Waals surface area contributed by atoms with E-state index >= 15 is 0 Å². The number of tetrazole rings is 1. The van der Waals surface area contributed by atoms with Crippen molar-refractivity contribution in [1.82, 2.24) is 30.1 Å². The van der Waals surface area contributed by atoms with E-state index in [4.69, 9.17) is 0 Å². The Morgan fingerprint density at radius 1 is 1.22 bits per heavy atom. The number of nitrogens with zero attached hydrogens (tertiary/aromatic N) is 7. The van der Waals surface area contributed by atoms with Gasteiger partial charge in [0.05, 0.1) is 5.56 Å². The largest absolute Gasteiger partial charge is 0.417 e. The van der Waals surface area contributed by atoms with Gasteiger partial charge in [-0.3, -0.25) is 4.79 Å². The van der Waals surface area contributed by atoms with Crippen molar-refractivity contribution >= 4 is 23.5 Å². The van der Waals surface area contributed by atoms with Crippen LogP contribution in [0.15, 0.2) is 23.5 Å². The standard InChI is InChI=1S/C15H18F3N7OS/c1-23-14(20-21-22-23)27-9-4-13(26)25-7-5-24(6-8-25)12-3-2-11(10-19-12)15(16,17)18/h2-3,10H,4-9H2,1H3. The molecule has 3 rings (SSSR count). The molecule has 12 heteroatoms. The maximum atomic E-state index is 12.6. The quantitative estimate of drug-likeness (QED) is 0.702. The highest BCUT2D eigenvalue weighted by atomic mass is 32.2. The van der Waals surface area contributed by atoms with Crippen LogP contribution in [-0.4, -0.2) is 67.9 Å². The first-order valence-corrected chi connectivity index (χ1v) is 9.24. The van der Waals surface area contributed by atoms with Gasteiger partial charge in [0.1, 0.15) is 5.82 Å². The summed E-state index contributed by atoms with van der Waals surface area (Å²) in [4.78, 5) is 19.8. The van der Waals surface area contributed by atoms with Gasteiger partial charge in [-0.2, -0.15) is 13.2 Å². The molecule has 0 bridgehead atoms. The number of alkyl halides is 3. The molecule has 2 aromatic rings. The topological polar surface area (TPSA) is 80.0 Å². The Kier molecular flexibility index (Phi) is 5.82. The van der Waals surface area contributed by atoms with Gasteiger partial charge in [0.2, 0.25) is 11.1 Å². The van der Waals surface area contributed by atoms with Crippen molar-refractivity contribution in [2.24, 2.45) is 7.05 Å². The summed E-state index contributed by atoms with van der Waals surface area (Å²) in [6, 6.07) is 2.39. The van der Waals surface area contributed by atoms with E-state index in [-0.39, 0.29) is 5.91 Å².